The van der Waals surface area contributed by atoms with Crippen LogP contribution in [0.3, 0.4) is 0 Å². The summed E-state index contributed by atoms with van der Waals surface area (Å²) >= 11 is 0. The van der Waals surface area contributed by atoms with Gasteiger partial charge in [-0.05, 0) is 37.1 Å². The number of para-hydroxylation sites is 1. The van der Waals surface area contributed by atoms with E-state index in [0.29, 0.717) is 35.9 Å². The first kappa shape index (κ1) is 21.5. The topological polar surface area (TPSA) is 77.1 Å². The van der Waals surface area contributed by atoms with Gasteiger partial charge in [-0.25, -0.2) is 0 Å². The van der Waals surface area contributed by atoms with Crippen molar-refractivity contribution in [2.75, 3.05) is 34.4 Å². The van der Waals surface area contributed by atoms with Crippen LogP contribution in [-0.2, 0) is 11.2 Å². The Balaban J connectivity index is 1.53. The highest BCUT2D eigenvalue weighted by Crippen LogP contribution is 2.28. The molecule has 0 radical (unpaired) electrons. The quantitative estimate of drug-likeness (QED) is 0.757. The van der Waals surface area contributed by atoms with Gasteiger partial charge >= 0.3 is 0 Å². The standard InChI is InChI=1S/C23H28N2O5/c1-28-19-7-5-4-6-16(19)15-22(26)24-18-10-12-25(13-11-18)23(27)17-8-9-20(29-2)21(14-17)30-3/h4-9,14,18H,10-13,15H2,1-3H3,(H,24,26). The molecule has 0 spiro atoms. The lowest BCUT2D eigenvalue weighted by Gasteiger charge is -2.32. The van der Waals surface area contributed by atoms with Gasteiger partial charge in [-0.1, -0.05) is 18.2 Å². The average molecular weight is 412 g/mol. The molecule has 1 N–H and O–H groups in total. The van der Waals surface area contributed by atoms with E-state index in [1.165, 1.54) is 0 Å². The Hall–Kier alpha value is -3.22. The SMILES string of the molecule is COc1ccccc1CC(=O)NC1CCN(C(=O)c2ccc(OC)c(OC)c2)CC1. The second-order valence-electron chi connectivity index (χ2n) is 7.19. The van der Waals surface area contributed by atoms with E-state index in [9.17, 15) is 9.59 Å². The summed E-state index contributed by atoms with van der Waals surface area (Å²) in [6.07, 6.45) is 1.71. The summed E-state index contributed by atoms with van der Waals surface area (Å²) in [4.78, 5) is 27.1. The number of hydrogen-bond donors (Lipinski definition) is 1. The maximum absolute atomic E-state index is 12.8. The molecule has 2 aromatic rings. The van der Waals surface area contributed by atoms with Gasteiger partial charge in [0.25, 0.3) is 5.91 Å². The molecule has 0 atom stereocenters. The van der Waals surface area contributed by atoms with Crippen molar-refractivity contribution in [1.82, 2.24) is 10.2 Å². The van der Waals surface area contributed by atoms with Crippen LogP contribution < -0.4 is 19.5 Å². The number of nitrogens with one attached hydrogen (secondary N) is 1. The molecule has 2 aromatic carbocycles. The third kappa shape index (κ3) is 5.03. The highest BCUT2D eigenvalue weighted by Gasteiger charge is 2.25. The number of methoxy groups -OCH3 is 3. The van der Waals surface area contributed by atoms with E-state index in [-0.39, 0.29) is 24.3 Å². The summed E-state index contributed by atoms with van der Waals surface area (Å²) in [6.45, 7) is 1.18. The first-order chi connectivity index (χ1) is 14.5. The Morgan fingerprint density at radius 2 is 1.60 bits per heavy atom. The van der Waals surface area contributed by atoms with Crippen molar-refractivity contribution >= 4 is 11.8 Å². The largest absolute Gasteiger partial charge is 0.496 e. The Morgan fingerprint density at radius 1 is 0.933 bits per heavy atom. The first-order valence-corrected chi connectivity index (χ1v) is 9.98. The van der Waals surface area contributed by atoms with Gasteiger partial charge in [0.05, 0.1) is 27.8 Å². The van der Waals surface area contributed by atoms with E-state index >= 15 is 0 Å². The van der Waals surface area contributed by atoms with Gasteiger partial charge in [-0.3, -0.25) is 9.59 Å². The lowest BCUT2D eigenvalue weighted by molar-refractivity contribution is -0.121. The molecule has 0 unspecified atom stereocenters. The Labute approximate surface area is 176 Å². The van der Waals surface area contributed by atoms with Crippen LogP contribution >= 0.6 is 0 Å². The molecule has 3 rings (SSSR count). The van der Waals surface area contributed by atoms with E-state index in [2.05, 4.69) is 5.32 Å². The van der Waals surface area contributed by atoms with Crippen molar-refractivity contribution in [2.24, 2.45) is 0 Å². The molecule has 0 aromatic heterocycles. The molecule has 7 heteroatoms. The molecule has 1 saturated heterocycles. The first-order valence-electron chi connectivity index (χ1n) is 9.98. The number of benzene rings is 2. The smallest absolute Gasteiger partial charge is 0.253 e. The summed E-state index contributed by atoms with van der Waals surface area (Å²) in [7, 11) is 4.71. The van der Waals surface area contributed by atoms with Gasteiger partial charge in [0.15, 0.2) is 11.5 Å². The normalized spacial score (nSPS) is 14.2. The molecule has 2 amide bonds. The monoisotopic (exact) mass is 412 g/mol. The number of nitrogens with zero attached hydrogens (tertiary/aromatic N) is 1. The molecule has 0 bridgehead atoms. The van der Waals surface area contributed by atoms with Gasteiger partial charge in [-0.15, -0.1) is 0 Å². The summed E-state index contributed by atoms with van der Waals surface area (Å²) in [5.41, 5.74) is 1.42. The molecule has 7 nitrogen and oxygen atoms in total. The third-order valence-electron chi connectivity index (χ3n) is 5.32. The fourth-order valence-electron chi connectivity index (χ4n) is 3.68. The average Bonchev–Trinajstić information content (AvgIpc) is 2.79. The van der Waals surface area contributed by atoms with Crippen LogP contribution in [0.2, 0.25) is 0 Å². The van der Waals surface area contributed by atoms with Crippen molar-refractivity contribution in [2.45, 2.75) is 25.3 Å². The number of likely N-dealkylation sites (tertiary alicyclic amines) is 1. The number of rotatable bonds is 7. The van der Waals surface area contributed by atoms with E-state index in [1.807, 2.05) is 29.2 Å². The molecular formula is C23H28N2O5. The molecule has 1 fully saturated rings. The minimum absolute atomic E-state index is 0.0378. The van der Waals surface area contributed by atoms with Crippen LogP contribution in [0, 0.1) is 0 Å². The Kier molecular flexibility index (Phi) is 7.17. The summed E-state index contributed by atoms with van der Waals surface area (Å²) < 4.78 is 15.8. The van der Waals surface area contributed by atoms with Gasteiger partial charge < -0.3 is 24.4 Å². The van der Waals surface area contributed by atoms with Crippen LogP contribution in [0.15, 0.2) is 42.5 Å². The van der Waals surface area contributed by atoms with E-state index in [0.717, 1.165) is 18.4 Å². The summed E-state index contributed by atoms with van der Waals surface area (Å²) in [5, 5.41) is 3.08. The molecule has 30 heavy (non-hydrogen) atoms. The number of hydrogen-bond acceptors (Lipinski definition) is 5. The van der Waals surface area contributed by atoms with Crippen LogP contribution in [0.25, 0.3) is 0 Å². The van der Waals surface area contributed by atoms with Crippen LogP contribution in [0.5, 0.6) is 17.2 Å². The van der Waals surface area contributed by atoms with Gasteiger partial charge in [0.1, 0.15) is 5.75 Å². The predicted octanol–water partition coefficient (Wildman–Crippen LogP) is 2.68. The fourth-order valence-corrected chi connectivity index (χ4v) is 3.68. The van der Waals surface area contributed by atoms with Gasteiger partial charge in [-0.2, -0.15) is 0 Å². The van der Waals surface area contributed by atoms with Crippen molar-refractivity contribution in [3.63, 3.8) is 0 Å². The van der Waals surface area contributed by atoms with Crippen molar-refractivity contribution in [1.29, 1.82) is 0 Å². The number of carbonyl (C=O) groups is 2. The lowest BCUT2D eigenvalue weighted by Crippen LogP contribution is -2.46. The lowest BCUT2D eigenvalue weighted by atomic mass is 10.0. The van der Waals surface area contributed by atoms with Crippen molar-refractivity contribution in [3.05, 3.63) is 53.6 Å². The van der Waals surface area contributed by atoms with Crippen LogP contribution in [0.4, 0.5) is 0 Å². The fraction of sp³-hybridized carbons (Fsp3) is 0.391. The molecule has 0 saturated carbocycles. The van der Waals surface area contributed by atoms with Gasteiger partial charge in [0, 0.05) is 30.3 Å². The number of amides is 2. The molecular weight excluding hydrogens is 384 g/mol. The van der Waals surface area contributed by atoms with Gasteiger partial charge in [0.2, 0.25) is 5.91 Å². The molecule has 0 aliphatic carbocycles. The van der Waals surface area contributed by atoms with Crippen LogP contribution in [-0.4, -0.2) is 57.2 Å². The van der Waals surface area contributed by atoms with Crippen LogP contribution in [0.1, 0.15) is 28.8 Å². The second-order valence-corrected chi connectivity index (χ2v) is 7.19. The summed E-state index contributed by atoms with van der Waals surface area (Å²) in [5.74, 6) is 1.74. The molecule has 1 aliphatic heterocycles. The Morgan fingerprint density at radius 3 is 2.27 bits per heavy atom. The third-order valence-corrected chi connectivity index (χ3v) is 5.32. The highest BCUT2D eigenvalue weighted by molar-refractivity contribution is 5.95. The molecule has 160 valence electrons. The highest BCUT2D eigenvalue weighted by atomic mass is 16.5. The van der Waals surface area contributed by atoms with E-state index in [4.69, 9.17) is 14.2 Å². The number of ether oxygens (including phenoxy) is 3. The number of piperidine rings is 1. The van der Waals surface area contributed by atoms with Crippen molar-refractivity contribution < 1.29 is 23.8 Å². The minimum atomic E-state index is -0.0465. The maximum Gasteiger partial charge on any atom is 0.253 e. The summed E-state index contributed by atoms with van der Waals surface area (Å²) in [6, 6.07) is 12.7. The number of carbonyl (C=O) groups excluding carboxylic acids is 2. The minimum Gasteiger partial charge on any atom is -0.496 e. The zero-order chi connectivity index (χ0) is 21.5. The Bertz CT molecular complexity index is 891. The van der Waals surface area contributed by atoms with Crippen molar-refractivity contribution in [3.8, 4) is 17.2 Å². The van der Waals surface area contributed by atoms with E-state index < -0.39 is 0 Å². The zero-order valence-corrected chi connectivity index (χ0v) is 17.6. The second kappa shape index (κ2) is 10.0. The predicted molar refractivity (Wildman–Crippen MR) is 113 cm³/mol. The zero-order valence-electron chi connectivity index (χ0n) is 17.6. The van der Waals surface area contributed by atoms with E-state index in [1.54, 1.807) is 39.5 Å². The molecule has 1 heterocycles. The maximum atomic E-state index is 12.8. The molecule has 1 aliphatic rings.